The van der Waals surface area contributed by atoms with Crippen molar-refractivity contribution in [1.29, 1.82) is 5.26 Å². The Bertz CT molecular complexity index is 1250. The number of oxazole rings is 1. The fourth-order valence-corrected chi connectivity index (χ4v) is 4.75. The summed E-state index contributed by atoms with van der Waals surface area (Å²) in [5.41, 5.74) is 4.45. The summed E-state index contributed by atoms with van der Waals surface area (Å²) in [6, 6.07) is 14.5. The van der Waals surface area contributed by atoms with Crippen LogP contribution in [0.4, 0.5) is 4.39 Å². The summed E-state index contributed by atoms with van der Waals surface area (Å²) in [4.78, 5) is 7.13. The van der Waals surface area contributed by atoms with Crippen LogP contribution in [0, 0.1) is 17.1 Å². The van der Waals surface area contributed by atoms with Crippen molar-refractivity contribution in [3.05, 3.63) is 87.9 Å². The highest BCUT2D eigenvalue weighted by Crippen LogP contribution is 2.31. The Balaban J connectivity index is 1.16. The highest BCUT2D eigenvalue weighted by atomic mass is 19.1. The van der Waals surface area contributed by atoms with E-state index in [0.717, 1.165) is 68.4 Å². The maximum atomic E-state index is 14.1. The van der Waals surface area contributed by atoms with Crippen LogP contribution >= 0.6 is 0 Å². The number of nitriles is 1. The molecule has 0 unspecified atom stereocenters. The maximum Gasteiger partial charge on any atom is 0.209 e. The molecule has 1 aliphatic heterocycles. The highest BCUT2D eigenvalue weighted by Gasteiger charge is 2.23. The highest BCUT2D eigenvalue weighted by molar-refractivity contribution is 5.52. The van der Waals surface area contributed by atoms with Gasteiger partial charge in [-0.15, -0.1) is 0 Å². The van der Waals surface area contributed by atoms with E-state index in [-0.39, 0.29) is 6.61 Å². The predicted octanol–water partition coefficient (Wildman–Crippen LogP) is 5.99. The lowest BCUT2D eigenvalue weighted by atomic mass is 9.89. The molecule has 34 heavy (non-hydrogen) atoms. The molecule has 0 N–H and O–H groups in total. The minimum Gasteiger partial charge on any atom is -0.489 e. The molecule has 0 spiro atoms. The minimum atomic E-state index is -0.416. The summed E-state index contributed by atoms with van der Waals surface area (Å²) in [6.07, 6.45) is 6.28. The largest absolute Gasteiger partial charge is 0.489 e. The summed E-state index contributed by atoms with van der Waals surface area (Å²) < 4.78 is 26.0. The first-order chi connectivity index (χ1) is 16.6. The molecular weight excluding hydrogens is 429 g/mol. The Morgan fingerprint density at radius 2 is 2.03 bits per heavy atom. The smallest absolute Gasteiger partial charge is 0.209 e. The molecule has 5 nitrogen and oxygen atoms in total. The topological polar surface area (TPSA) is 62.3 Å². The lowest BCUT2D eigenvalue weighted by Gasteiger charge is -2.31. The molecule has 2 heterocycles. The zero-order valence-corrected chi connectivity index (χ0v) is 19.4. The molecule has 0 saturated carbocycles. The van der Waals surface area contributed by atoms with Gasteiger partial charge in [0.25, 0.3) is 0 Å². The molecule has 174 valence electrons. The van der Waals surface area contributed by atoms with Crippen molar-refractivity contribution < 1.29 is 13.5 Å². The van der Waals surface area contributed by atoms with Gasteiger partial charge < -0.3 is 9.15 Å². The van der Waals surface area contributed by atoms with Crippen molar-refractivity contribution in [3.63, 3.8) is 0 Å². The van der Waals surface area contributed by atoms with Gasteiger partial charge in [0.05, 0.1) is 23.9 Å². The van der Waals surface area contributed by atoms with E-state index in [1.807, 2.05) is 18.2 Å². The monoisotopic (exact) mass is 457 g/mol. The number of allylic oxidation sites excluding steroid dienone is 1. The Morgan fingerprint density at radius 3 is 2.82 bits per heavy atom. The number of fused-ring (bicyclic) bond motifs is 1. The third-order valence-corrected chi connectivity index (χ3v) is 6.76. The van der Waals surface area contributed by atoms with Crippen molar-refractivity contribution in [2.24, 2.45) is 0 Å². The van der Waals surface area contributed by atoms with E-state index >= 15 is 0 Å². The SMILES string of the molecule is CC1=Cc2oc(CN3CCC(c4cccc(OCc5ccc(C#N)cc5F)c4)CC3)nc2CC1. The molecule has 2 aromatic carbocycles. The number of piperidine rings is 1. The first-order valence-corrected chi connectivity index (χ1v) is 11.9. The molecule has 1 fully saturated rings. The average Bonchev–Trinajstić information content (AvgIpc) is 3.25. The van der Waals surface area contributed by atoms with E-state index in [4.69, 9.17) is 19.4 Å². The molecule has 1 aromatic heterocycles. The summed E-state index contributed by atoms with van der Waals surface area (Å²) >= 11 is 0. The Labute approximate surface area is 199 Å². The van der Waals surface area contributed by atoms with E-state index < -0.39 is 5.82 Å². The van der Waals surface area contributed by atoms with Crippen molar-refractivity contribution in [1.82, 2.24) is 9.88 Å². The summed E-state index contributed by atoms with van der Waals surface area (Å²) in [5, 5.41) is 8.89. The minimum absolute atomic E-state index is 0.133. The third kappa shape index (κ3) is 5.05. The van der Waals surface area contributed by atoms with Gasteiger partial charge in [-0.3, -0.25) is 4.90 Å². The Morgan fingerprint density at radius 1 is 1.18 bits per heavy atom. The van der Waals surface area contributed by atoms with Gasteiger partial charge in [-0.1, -0.05) is 23.8 Å². The number of hydrogen-bond acceptors (Lipinski definition) is 5. The van der Waals surface area contributed by atoms with Gasteiger partial charge in [-0.25, -0.2) is 9.37 Å². The molecule has 0 amide bonds. The van der Waals surface area contributed by atoms with Crippen LogP contribution in [-0.4, -0.2) is 23.0 Å². The van der Waals surface area contributed by atoms with E-state index in [1.165, 1.54) is 17.2 Å². The number of aromatic nitrogens is 1. The second-order valence-electron chi connectivity index (χ2n) is 9.24. The summed E-state index contributed by atoms with van der Waals surface area (Å²) in [7, 11) is 0. The molecule has 6 heteroatoms. The molecule has 0 atom stereocenters. The second kappa shape index (κ2) is 9.82. The fourth-order valence-electron chi connectivity index (χ4n) is 4.75. The Kier molecular flexibility index (Phi) is 6.46. The molecule has 2 aliphatic rings. The fraction of sp³-hybridized carbons (Fsp3) is 0.357. The van der Waals surface area contributed by atoms with E-state index in [9.17, 15) is 4.39 Å². The normalized spacial score (nSPS) is 16.6. The van der Waals surface area contributed by atoms with Gasteiger partial charge in [0.15, 0.2) is 5.76 Å². The van der Waals surface area contributed by atoms with E-state index in [1.54, 1.807) is 12.1 Å². The van der Waals surface area contributed by atoms with Crippen LogP contribution in [0.5, 0.6) is 5.75 Å². The van der Waals surface area contributed by atoms with Gasteiger partial charge in [-0.2, -0.15) is 5.26 Å². The van der Waals surface area contributed by atoms with Crippen LogP contribution in [0.2, 0.25) is 0 Å². The number of rotatable bonds is 6. The average molecular weight is 458 g/mol. The number of ether oxygens (including phenoxy) is 1. The molecule has 0 radical (unpaired) electrons. The third-order valence-electron chi connectivity index (χ3n) is 6.76. The number of likely N-dealkylation sites (tertiary alicyclic amines) is 1. The van der Waals surface area contributed by atoms with Crippen LogP contribution in [0.25, 0.3) is 6.08 Å². The lowest BCUT2D eigenvalue weighted by molar-refractivity contribution is 0.187. The zero-order valence-electron chi connectivity index (χ0n) is 19.4. The molecule has 0 bridgehead atoms. The maximum absolute atomic E-state index is 14.1. The van der Waals surface area contributed by atoms with Crippen LogP contribution in [0.3, 0.4) is 0 Å². The van der Waals surface area contributed by atoms with E-state index in [0.29, 0.717) is 17.0 Å². The van der Waals surface area contributed by atoms with Crippen LogP contribution < -0.4 is 4.74 Å². The lowest BCUT2D eigenvalue weighted by Crippen LogP contribution is -2.32. The summed E-state index contributed by atoms with van der Waals surface area (Å²) in [5.74, 6) is 2.54. The Hall–Kier alpha value is -3.43. The van der Waals surface area contributed by atoms with Crippen molar-refractivity contribution in [2.75, 3.05) is 13.1 Å². The van der Waals surface area contributed by atoms with Crippen molar-refractivity contribution in [3.8, 4) is 11.8 Å². The molecular formula is C28H28FN3O2. The number of aryl methyl sites for hydroxylation is 1. The number of nitrogens with zero attached hydrogens (tertiary/aromatic N) is 3. The first kappa shape index (κ1) is 22.4. The number of halogens is 1. The summed E-state index contributed by atoms with van der Waals surface area (Å²) in [6.45, 7) is 5.02. The van der Waals surface area contributed by atoms with Crippen molar-refractivity contribution >= 4 is 6.08 Å². The van der Waals surface area contributed by atoms with Crippen LogP contribution in [-0.2, 0) is 19.6 Å². The molecule has 3 aromatic rings. The molecule has 1 saturated heterocycles. The van der Waals surface area contributed by atoms with Crippen molar-refractivity contribution in [2.45, 2.75) is 51.7 Å². The second-order valence-corrected chi connectivity index (χ2v) is 9.24. The molecule has 5 rings (SSSR count). The predicted molar refractivity (Wildman–Crippen MR) is 128 cm³/mol. The quantitative estimate of drug-likeness (QED) is 0.455. The number of hydrogen-bond donors (Lipinski definition) is 0. The van der Waals surface area contributed by atoms with E-state index in [2.05, 4.69) is 30.0 Å². The van der Waals surface area contributed by atoms with Crippen LogP contribution in [0.1, 0.15) is 66.1 Å². The van der Waals surface area contributed by atoms with Gasteiger partial charge >= 0.3 is 0 Å². The standard InChI is InChI=1S/C28H28FN3O2/c1-19-5-8-26-27(13-19)34-28(31-26)17-32-11-9-21(10-12-32)22-3-2-4-24(15-22)33-18-23-7-6-20(16-30)14-25(23)29/h2-4,6-7,13-15,21H,5,8-12,17-18H2,1H3. The van der Waals surface area contributed by atoms with Gasteiger partial charge in [-0.05, 0) is 87.5 Å². The first-order valence-electron chi connectivity index (χ1n) is 11.9. The van der Waals surface area contributed by atoms with Crippen LogP contribution in [0.15, 0.2) is 52.5 Å². The van der Waals surface area contributed by atoms with Gasteiger partial charge in [0, 0.05) is 5.56 Å². The van der Waals surface area contributed by atoms with Gasteiger partial charge in [0.1, 0.15) is 18.2 Å². The van der Waals surface area contributed by atoms with Gasteiger partial charge in [0.2, 0.25) is 5.89 Å². The number of benzene rings is 2. The molecule has 1 aliphatic carbocycles. The zero-order chi connectivity index (χ0) is 23.5.